The molecule has 0 amide bonds. The molecule has 2 aromatic rings. The van der Waals surface area contributed by atoms with Crippen LogP contribution in [-0.2, 0) is 0 Å². The van der Waals surface area contributed by atoms with Crippen molar-refractivity contribution in [2.45, 2.75) is 20.4 Å². The molecule has 17 heavy (non-hydrogen) atoms. The lowest BCUT2D eigenvalue weighted by Gasteiger charge is -2.07. The molecule has 0 atom stereocenters. The van der Waals surface area contributed by atoms with Crippen LogP contribution in [0.3, 0.4) is 0 Å². The molecule has 4 heteroatoms. The van der Waals surface area contributed by atoms with E-state index in [4.69, 9.17) is 0 Å². The van der Waals surface area contributed by atoms with E-state index < -0.39 is 7.02 Å². The van der Waals surface area contributed by atoms with Gasteiger partial charge in [-0.05, 0) is 25.0 Å². The first-order valence-electron chi connectivity index (χ1n) is 5.66. The second-order valence-corrected chi connectivity index (χ2v) is 11.8. The Morgan fingerprint density at radius 3 is 1.41 bits per heavy atom. The molecule has 0 spiro atoms. The molecule has 2 nitrogen and oxygen atoms in total. The summed E-state index contributed by atoms with van der Waals surface area (Å²) in [4.78, 5) is 0. The highest BCUT2D eigenvalue weighted by atomic mass is 79.9. The summed E-state index contributed by atoms with van der Waals surface area (Å²) in [7, 11) is -1.86. The summed E-state index contributed by atoms with van der Waals surface area (Å²) < 4.78 is 4.55. The smallest absolute Gasteiger partial charge is 0.213 e. The normalized spacial score (nSPS) is 11.5. The van der Waals surface area contributed by atoms with Crippen LogP contribution in [-0.4, -0.2) is 7.02 Å². The van der Waals surface area contributed by atoms with Gasteiger partial charge in [-0.3, -0.25) is 0 Å². The van der Waals surface area contributed by atoms with Crippen molar-refractivity contribution >= 4 is 22.3 Å². The van der Waals surface area contributed by atoms with E-state index in [1.807, 2.05) is 0 Å². The van der Waals surface area contributed by atoms with Gasteiger partial charge in [-0.2, -0.15) is 0 Å². The molecule has 0 radical (unpaired) electrons. The second kappa shape index (κ2) is 4.70. The lowest BCUT2D eigenvalue weighted by Crippen LogP contribution is -2.76. The van der Waals surface area contributed by atoms with Crippen molar-refractivity contribution in [3.05, 3.63) is 60.2 Å². The Morgan fingerprint density at radius 1 is 0.824 bits per heavy atom. The van der Waals surface area contributed by atoms with Crippen molar-refractivity contribution in [1.82, 2.24) is 0 Å². The fraction of sp³-hybridized carbons (Fsp3) is 0.231. The first-order chi connectivity index (χ1) is 8.00. The minimum atomic E-state index is -1.86. The first kappa shape index (κ1) is 12.5. The average molecular weight is 309 g/mol. The van der Waals surface area contributed by atoms with Crippen molar-refractivity contribution in [2.24, 2.45) is 0 Å². The van der Waals surface area contributed by atoms with Gasteiger partial charge >= 0.3 is 7.02 Å². The molecule has 0 aliphatic carbocycles. The van der Waals surface area contributed by atoms with Gasteiger partial charge in [0.05, 0.1) is 6.55 Å². The lowest BCUT2D eigenvalue weighted by atomic mass is 10.3. The third-order valence-corrected chi connectivity index (χ3v) is 7.87. The Balaban J connectivity index is 2.41. The van der Waals surface area contributed by atoms with Gasteiger partial charge in [0.1, 0.15) is 0 Å². The summed E-state index contributed by atoms with van der Waals surface area (Å²) in [6.07, 6.45) is 8.57. The summed E-state index contributed by atoms with van der Waals surface area (Å²) in [5.41, 5.74) is 2.57. The average Bonchev–Trinajstić information content (AvgIpc) is 2.30. The van der Waals surface area contributed by atoms with Crippen molar-refractivity contribution < 1.29 is 8.47 Å². The van der Waals surface area contributed by atoms with Crippen LogP contribution in [0, 0.1) is 13.8 Å². The van der Waals surface area contributed by atoms with E-state index in [0.717, 1.165) is 0 Å². The predicted molar refractivity (Wildman–Crippen MR) is 74.1 cm³/mol. The molecule has 2 heterocycles. The number of halogens is 1. The molecule has 0 fully saturated rings. The quantitative estimate of drug-likeness (QED) is 0.594. The van der Waals surface area contributed by atoms with Crippen molar-refractivity contribution in [2.75, 3.05) is 0 Å². The molecule has 0 N–H and O–H groups in total. The predicted octanol–water partition coefficient (Wildman–Crippen LogP) is 2.24. The fourth-order valence-corrected chi connectivity index (χ4v) is 4.75. The Hall–Kier alpha value is -1.00. The van der Waals surface area contributed by atoms with E-state index in [1.54, 1.807) is 0 Å². The van der Waals surface area contributed by atoms with Crippen molar-refractivity contribution in [1.29, 1.82) is 0 Å². The van der Waals surface area contributed by atoms with Gasteiger partial charge < -0.3 is 0 Å². The molecular weight excluding hydrogens is 292 g/mol. The number of pyridine rings is 2. The van der Waals surface area contributed by atoms with Crippen molar-refractivity contribution in [3.63, 3.8) is 0 Å². The van der Waals surface area contributed by atoms with Crippen LogP contribution in [0.2, 0.25) is 6.55 Å². The summed E-state index contributed by atoms with van der Waals surface area (Å²) in [5, 5.41) is 0. The molecule has 88 valence electrons. The highest BCUT2D eigenvalue weighted by molar-refractivity contribution is 9.25. The lowest BCUT2D eigenvalue weighted by molar-refractivity contribution is -0.677. The van der Waals surface area contributed by atoms with E-state index >= 15 is 0 Å². The van der Waals surface area contributed by atoms with Gasteiger partial charge in [0.15, 0.2) is 24.8 Å². The number of nitrogens with zero attached hydrogens (tertiary/aromatic N) is 2. The van der Waals surface area contributed by atoms with E-state index in [2.05, 4.69) is 93.2 Å². The van der Waals surface area contributed by atoms with Gasteiger partial charge in [0.25, 0.3) is 0 Å². The standard InChI is InChI=1S/C13H17BrN2Si/c1-12-4-8-15(9-5-12)17(3,14)16-10-6-13(2)7-11-16/h4-11H,1-3H3/q+2. The maximum absolute atomic E-state index is 3.91. The summed E-state index contributed by atoms with van der Waals surface area (Å²) in [5.74, 6) is 0. The zero-order valence-electron chi connectivity index (χ0n) is 10.4. The maximum atomic E-state index is 3.91. The van der Waals surface area contributed by atoms with Crippen LogP contribution in [0.1, 0.15) is 11.1 Å². The van der Waals surface area contributed by atoms with Crippen LogP contribution in [0.5, 0.6) is 0 Å². The molecule has 0 unspecified atom stereocenters. The molecule has 0 aliphatic rings. The van der Waals surface area contributed by atoms with Gasteiger partial charge in [-0.1, -0.05) is 0 Å². The Labute approximate surface area is 111 Å². The third-order valence-electron chi connectivity index (χ3n) is 2.93. The molecule has 2 aromatic heterocycles. The Kier molecular flexibility index (Phi) is 3.44. The minimum Gasteiger partial charge on any atom is -0.213 e. The monoisotopic (exact) mass is 308 g/mol. The van der Waals surface area contributed by atoms with Crippen molar-refractivity contribution in [3.8, 4) is 0 Å². The third kappa shape index (κ3) is 2.64. The van der Waals surface area contributed by atoms with Crippen LogP contribution in [0.15, 0.2) is 49.1 Å². The molecule has 2 rings (SSSR count). The SMILES string of the molecule is Cc1cc[n+]([Si](C)(Br)[n+]2ccc(C)cc2)cc1. The first-order valence-corrected chi connectivity index (χ1v) is 10.3. The maximum Gasteiger partial charge on any atom is 0.751 e. The highest BCUT2D eigenvalue weighted by Gasteiger charge is 2.53. The molecule has 0 bridgehead atoms. The summed E-state index contributed by atoms with van der Waals surface area (Å²) >= 11 is 3.91. The van der Waals surface area contributed by atoms with E-state index in [0.29, 0.717) is 0 Å². The van der Waals surface area contributed by atoms with Crippen LogP contribution < -0.4 is 8.47 Å². The zero-order valence-corrected chi connectivity index (χ0v) is 13.0. The van der Waals surface area contributed by atoms with Crippen LogP contribution in [0.25, 0.3) is 0 Å². The van der Waals surface area contributed by atoms with Gasteiger partial charge in [0.2, 0.25) is 0 Å². The molecule has 0 aromatic carbocycles. The molecule has 0 aliphatic heterocycles. The largest absolute Gasteiger partial charge is 0.751 e. The summed E-state index contributed by atoms with van der Waals surface area (Å²) in [6, 6.07) is 8.56. The van der Waals surface area contributed by atoms with E-state index in [1.165, 1.54) is 11.1 Å². The van der Waals surface area contributed by atoms with E-state index in [-0.39, 0.29) is 0 Å². The Morgan fingerprint density at radius 2 is 1.12 bits per heavy atom. The van der Waals surface area contributed by atoms with Gasteiger partial charge in [-0.25, -0.2) is 8.47 Å². The molecular formula is C13H17BrN2Si+2. The fourth-order valence-electron chi connectivity index (χ4n) is 1.68. The highest BCUT2D eigenvalue weighted by Crippen LogP contribution is 2.04. The number of aromatic nitrogens is 2. The topological polar surface area (TPSA) is 7.76 Å². The second-order valence-electron chi connectivity index (χ2n) is 4.47. The van der Waals surface area contributed by atoms with Crippen LogP contribution in [0.4, 0.5) is 0 Å². The van der Waals surface area contributed by atoms with Crippen LogP contribution >= 0.6 is 15.3 Å². The number of aryl methyl sites for hydroxylation is 2. The summed E-state index contributed by atoms with van der Waals surface area (Å²) in [6.45, 7) is 6.48. The molecule has 0 saturated heterocycles. The number of hydrogen-bond donors (Lipinski definition) is 0. The zero-order chi connectivity index (χ0) is 12.5. The van der Waals surface area contributed by atoms with E-state index in [9.17, 15) is 0 Å². The number of rotatable bonds is 2. The van der Waals surface area contributed by atoms with Gasteiger partial charge in [-0.15, -0.1) is 0 Å². The molecule has 0 saturated carbocycles. The number of hydrogen-bond acceptors (Lipinski definition) is 0. The minimum absolute atomic E-state index is 1.28. The van der Waals surface area contributed by atoms with Gasteiger partial charge in [0, 0.05) is 39.6 Å². The Bertz CT molecular complexity index is 458.